The minimum atomic E-state index is 0. The molecule has 0 amide bonds. The molecule has 0 atom stereocenters. The molecule has 0 rings (SSSR count). The van der Waals surface area contributed by atoms with E-state index >= 15 is 0 Å². The van der Waals surface area contributed by atoms with Crippen LogP contribution in [-0.2, 0) is 14.8 Å². The van der Waals surface area contributed by atoms with Crippen molar-refractivity contribution in [1.29, 1.82) is 0 Å². The van der Waals surface area contributed by atoms with Crippen LogP contribution in [0.5, 0.6) is 0 Å². The third-order valence-corrected chi connectivity index (χ3v) is 0. The van der Waals surface area contributed by atoms with Crippen molar-refractivity contribution >= 4 is 10.1 Å². The monoisotopic (exact) mass is 140 g/mol. The van der Waals surface area contributed by atoms with Gasteiger partial charge in [0.1, 0.15) is 0 Å². The molecule has 0 aromatic heterocycles. The average Bonchev–Trinajstić information content (AvgIpc) is 1.50. The maximum atomic E-state index is 4.33. The normalized spacial score (nSPS) is 2.40. The van der Waals surface area contributed by atoms with E-state index in [0.717, 1.165) is 0 Å². The number of hydrogen-bond donors (Lipinski definition) is 1. The van der Waals surface area contributed by atoms with Crippen LogP contribution in [0.4, 0.5) is 0 Å². The van der Waals surface area contributed by atoms with E-state index in [2.05, 4.69) is 37.8 Å². The zero-order chi connectivity index (χ0) is 4.00. The van der Waals surface area contributed by atoms with Gasteiger partial charge in [-0.2, -0.15) is 0 Å². The molecule has 36 valence electrons. The van der Waals surface area contributed by atoms with Crippen LogP contribution in [-0.4, -0.2) is 0 Å². The first-order chi connectivity index (χ1) is 2.00. The van der Waals surface area contributed by atoms with E-state index in [1.807, 2.05) is 0 Å². The molecule has 0 aromatic rings. The van der Waals surface area contributed by atoms with Gasteiger partial charge in [0.25, 0.3) is 0 Å². The molecule has 0 saturated carbocycles. The maximum Gasteiger partial charge on any atom is -0.693 e. The fraction of sp³-hybridized carbons (Fsp3) is 0. The maximum absolute atomic E-state index is 4.33. The second-order valence-electron chi connectivity index (χ2n) is 0. The van der Waals surface area contributed by atoms with E-state index in [1.54, 1.807) is 0 Å². The molecule has 2 nitrogen and oxygen atoms in total. The van der Waals surface area contributed by atoms with Gasteiger partial charge in [0, 0.05) is 0 Å². The zero-order valence-electron chi connectivity index (χ0n) is 2.57. The molecule has 0 spiro atoms. The predicted molar refractivity (Wildman–Crippen MR) is 20.7 cm³/mol. The van der Waals surface area contributed by atoms with E-state index in [4.69, 9.17) is 0 Å². The van der Waals surface area contributed by atoms with Gasteiger partial charge in [-0.1, -0.05) is 0 Å². The fourth-order valence-electron chi connectivity index (χ4n) is 0. The predicted octanol–water partition coefficient (Wildman–Crippen LogP) is 1.14. The first kappa shape index (κ1) is 17.2. The minimum absolute atomic E-state index is 0. The largest absolute Gasteiger partial charge is 0.693 e. The molecule has 0 aromatic carbocycles. The zero-order valence-corrected chi connectivity index (χ0v) is 4.37. The molecule has 0 bridgehead atoms. The summed E-state index contributed by atoms with van der Waals surface area (Å²) in [6.45, 7) is 0. The van der Waals surface area contributed by atoms with Crippen LogP contribution in [0, 0.1) is 7.05 Å². The Labute approximate surface area is 44.5 Å². The van der Waals surface area contributed by atoms with Gasteiger partial charge in [-0.15, -0.1) is 0 Å². The molecule has 4 N–H and O–H groups in total. The van der Waals surface area contributed by atoms with E-state index in [1.165, 1.54) is 0 Å². The summed E-state index contributed by atoms with van der Waals surface area (Å²) >= 11 is 3.03. The molecule has 0 unspecified atom stereocenters. The van der Waals surface area contributed by atoms with Gasteiger partial charge < -0.3 is 11.9 Å². The second kappa shape index (κ2) is 127. The van der Waals surface area contributed by atoms with Crippen LogP contribution in [0.1, 0.15) is 0 Å². The van der Waals surface area contributed by atoms with Crippen molar-refractivity contribution in [2.45, 2.75) is 0 Å². The van der Waals surface area contributed by atoms with Crippen molar-refractivity contribution in [2.75, 3.05) is 0 Å². The summed E-state index contributed by atoms with van der Waals surface area (Å²) in [6, 6.07) is 0. The van der Waals surface area contributed by atoms with Crippen LogP contribution < -0.4 is 5.73 Å². The van der Waals surface area contributed by atoms with Crippen molar-refractivity contribution in [1.82, 2.24) is 0 Å². The van der Waals surface area contributed by atoms with Gasteiger partial charge in [0.15, 0.2) is 0 Å². The topological polar surface area (TPSA) is 59.5 Å². The molecule has 0 aliphatic heterocycles. The second-order valence-corrected chi connectivity index (χ2v) is 0. The number of halogens is 1. The number of rotatable bonds is 0. The molecule has 0 saturated heterocycles. The Morgan fingerprint density at radius 3 is 1.40 bits per heavy atom. The number of hydrogen-bond acceptors (Lipinski definition) is 1. The van der Waals surface area contributed by atoms with E-state index in [9.17, 15) is 0 Å². The van der Waals surface area contributed by atoms with Crippen LogP contribution in [0.2, 0.25) is 0 Å². The Hall–Kier alpha value is 0.716. The molecule has 0 radical (unpaired) electrons. The Kier molecular flexibility index (Phi) is 437. The first-order valence-electron chi connectivity index (χ1n) is 0.534. The molecule has 0 fully saturated rings. The van der Waals surface area contributed by atoms with Gasteiger partial charge in [0.05, 0.1) is 0 Å². The van der Waals surface area contributed by atoms with Crippen molar-refractivity contribution in [2.24, 2.45) is 5.73 Å². The van der Waals surface area contributed by atoms with Crippen LogP contribution in [0.15, 0.2) is 0 Å². The summed E-state index contributed by atoms with van der Waals surface area (Å²) in [5.41, 5.74) is 4.25. The molecule has 5 heavy (non-hydrogen) atoms. The van der Waals surface area contributed by atoms with Crippen molar-refractivity contribution in [3.8, 4) is 0 Å². The Morgan fingerprint density at radius 1 is 1.40 bits per heavy atom. The molecule has 4 heteroatoms. The Balaban J connectivity index is -0.0000000133. The quantitative estimate of drug-likeness (QED) is 0.504. The summed E-state index contributed by atoms with van der Waals surface area (Å²) in [5, 5.41) is 0. The third-order valence-electron chi connectivity index (χ3n) is 0. The van der Waals surface area contributed by atoms with E-state index in [-0.39, 0.29) is 6.15 Å². The van der Waals surface area contributed by atoms with Gasteiger partial charge in [-0.3, -0.25) is 7.05 Å². The SMILES string of the molecule is [CH2-]N.[Cl][Co+2].[NH2-]. The van der Waals surface area contributed by atoms with E-state index < -0.39 is 0 Å². The molecular formula is CH6ClCoN2. The number of nitrogens with two attached hydrogens (primary N) is 2. The smallest absolute Gasteiger partial charge is 0.693 e. The summed E-state index contributed by atoms with van der Waals surface area (Å²) in [7, 11) is 7.08. The summed E-state index contributed by atoms with van der Waals surface area (Å²) in [4.78, 5) is 0. The van der Waals surface area contributed by atoms with Crippen LogP contribution in [0.3, 0.4) is 0 Å². The fourth-order valence-corrected chi connectivity index (χ4v) is 0. The van der Waals surface area contributed by atoms with Crippen molar-refractivity contribution in [3.05, 3.63) is 13.2 Å². The first-order valence-corrected chi connectivity index (χ1v) is 1.97. The molecule has 0 aliphatic rings. The summed E-state index contributed by atoms with van der Waals surface area (Å²) < 4.78 is 0. The third kappa shape index (κ3) is 67.8. The minimum Gasteiger partial charge on any atom is -0.693 e. The van der Waals surface area contributed by atoms with Gasteiger partial charge >= 0.3 is 25.0 Å². The Morgan fingerprint density at radius 2 is 1.40 bits per heavy atom. The molecule has 0 heterocycles. The van der Waals surface area contributed by atoms with Crippen LogP contribution in [0.25, 0.3) is 6.15 Å². The van der Waals surface area contributed by atoms with Crippen molar-refractivity contribution in [3.63, 3.8) is 0 Å². The van der Waals surface area contributed by atoms with Gasteiger partial charge in [0.2, 0.25) is 0 Å². The average molecular weight is 140 g/mol. The summed E-state index contributed by atoms with van der Waals surface area (Å²) in [6.07, 6.45) is 0. The molecule has 0 aliphatic carbocycles. The van der Waals surface area contributed by atoms with E-state index in [0.29, 0.717) is 0 Å². The standard InChI is InChI=1S/CH4N.ClH.Co.H2N/c1-2;;;/h1-2H2;1H;;1H2/q-1;;+3;-1/p-1. The van der Waals surface area contributed by atoms with Crippen LogP contribution >= 0.6 is 10.1 Å². The molecular weight excluding hydrogens is 134 g/mol. The Bertz CT molecular complexity index is 9.61. The van der Waals surface area contributed by atoms with Crippen molar-refractivity contribution < 1.29 is 14.8 Å². The summed E-state index contributed by atoms with van der Waals surface area (Å²) in [5.74, 6) is 0. The van der Waals surface area contributed by atoms with Gasteiger partial charge in [-0.05, 0) is 0 Å². The van der Waals surface area contributed by atoms with Gasteiger partial charge in [-0.25, -0.2) is 0 Å².